The molecule has 0 aromatic carbocycles. The number of pyridine rings is 1. The van der Waals surface area contributed by atoms with Crippen LogP contribution in [0.1, 0.15) is 73.2 Å². The third kappa shape index (κ3) is 5.09. The SMILES string of the molecule is CC(C)CNC(=O)c1cn(C(C)C)cc(C(=O)NC(C)c2ccco2)c1=O. The quantitative estimate of drug-likeness (QED) is 0.780. The molecule has 0 bridgehead atoms. The van der Waals surface area contributed by atoms with E-state index in [1.54, 1.807) is 23.6 Å². The van der Waals surface area contributed by atoms with Gasteiger partial charge in [-0.1, -0.05) is 13.8 Å². The lowest BCUT2D eigenvalue weighted by molar-refractivity contribution is 0.0933. The van der Waals surface area contributed by atoms with E-state index < -0.39 is 23.3 Å². The Hall–Kier alpha value is -2.83. The number of carbonyl (C=O) groups excluding carboxylic acids is 2. The maximum atomic E-state index is 12.8. The number of aromatic nitrogens is 1. The van der Waals surface area contributed by atoms with Gasteiger partial charge in [-0.05, 0) is 38.8 Å². The van der Waals surface area contributed by atoms with Crippen molar-refractivity contribution in [3.8, 4) is 0 Å². The summed E-state index contributed by atoms with van der Waals surface area (Å²) in [6.07, 6.45) is 4.50. The van der Waals surface area contributed by atoms with Crippen LogP contribution < -0.4 is 16.1 Å². The maximum absolute atomic E-state index is 12.8. The summed E-state index contributed by atoms with van der Waals surface area (Å²) >= 11 is 0. The van der Waals surface area contributed by atoms with Crippen molar-refractivity contribution in [1.29, 1.82) is 0 Å². The monoisotopic (exact) mass is 373 g/mol. The lowest BCUT2D eigenvalue weighted by Crippen LogP contribution is -2.37. The summed E-state index contributed by atoms with van der Waals surface area (Å²) in [5.74, 6) is -0.186. The molecular formula is C20H27N3O4. The molecule has 2 rings (SSSR count). The standard InChI is InChI=1S/C20H27N3O4/c1-12(2)9-21-19(25)15-10-23(13(3)4)11-16(18(15)24)20(26)22-14(5)17-7-6-8-27-17/h6-8,10-14H,9H2,1-5H3,(H,21,25)(H,22,26). The first-order valence-electron chi connectivity index (χ1n) is 9.09. The van der Waals surface area contributed by atoms with E-state index in [2.05, 4.69) is 10.6 Å². The second-order valence-corrected chi connectivity index (χ2v) is 7.27. The van der Waals surface area contributed by atoms with Crippen LogP contribution >= 0.6 is 0 Å². The molecule has 0 aliphatic carbocycles. The zero-order valence-corrected chi connectivity index (χ0v) is 16.4. The van der Waals surface area contributed by atoms with Crippen molar-refractivity contribution in [3.63, 3.8) is 0 Å². The smallest absolute Gasteiger partial charge is 0.257 e. The van der Waals surface area contributed by atoms with Crippen LogP contribution in [-0.2, 0) is 0 Å². The number of rotatable bonds is 7. The Morgan fingerprint density at radius 1 is 1.07 bits per heavy atom. The molecule has 7 heteroatoms. The van der Waals surface area contributed by atoms with Gasteiger partial charge >= 0.3 is 0 Å². The zero-order chi connectivity index (χ0) is 20.1. The fourth-order valence-corrected chi connectivity index (χ4v) is 2.49. The lowest BCUT2D eigenvalue weighted by atomic mass is 10.1. The van der Waals surface area contributed by atoms with E-state index >= 15 is 0 Å². The summed E-state index contributed by atoms with van der Waals surface area (Å²) in [6.45, 7) is 9.96. The van der Waals surface area contributed by atoms with Gasteiger partial charge in [0.1, 0.15) is 16.9 Å². The first-order chi connectivity index (χ1) is 12.7. The van der Waals surface area contributed by atoms with E-state index in [1.807, 2.05) is 27.7 Å². The van der Waals surface area contributed by atoms with Gasteiger partial charge in [-0.2, -0.15) is 0 Å². The van der Waals surface area contributed by atoms with E-state index in [-0.39, 0.29) is 23.1 Å². The molecule has 7 nitrogen and oxygen atoms in total. The fourth-order valence-electron chi connectivity index (χ4n) is 2.49. The highest BCUT2D eigenvalue weighted by atomic mass is 16.3. The summed E-state index contributed by atoms with van der Waals surface area (Å²) in [6, 6.07) is 3.05. The number of amides is 2. The number of hydrogen-bond donors (Lipinski definition) is 2. The van der Waals surface area contributed by atoms with Gasteiger partial charge in [0, 0.05) is 25.0 Å². The van der Waals surface area contributed by atoms with Crippen molar-refractivity contribution in [2.24, 2.45) is 5.92 Å². The molecule has 0 fully saturated rings. The molecular weight excluding hydrogens is 346 g/mol. The van der Waals surface area contributed by atoms with Crippen LogP contribution in [-0.4, -0.2) is 22.9 Å². The molecule has 0 aliphatic heterocycles. The predicted octanol–water partition coefficient (Wildman–Crippen LogP) is 2.90. The average molecular weight is 373 g/mol. The minimum absolute atomic E-state index is 0.0173. The Balaban J connectivity index is 2.35. The highest BCUT2D eigenvalue weighted by Gasteiger charge is 2.22. The van der Waals surface area contributed by atoms with Crippen molar-refractivity contribution < 1.29 is 14.0 Å². The summed E-state index contributed by atoms with van der Waals surface area (Å²) in [5, 5.41) is 5.48. The van der Waals surface area contributed by atoms with Crippen LogP contribution in [0, 0.1) is 5.92 Å². The maximum Gasteiger partial charge on any atom is 0.257 e. The van der Waals surface area contributed by atoms with Crippen molar-refractivity contribution in [2.75, 3.05) is 6.54 Å². The molecule has 1 atom stereocenters. The van der Waals surface area contributed by atoms with E-state index in [9.17, 15) is 14.4 Å². The first-order valence-corrected chi connectivity index (χ1v) is 9.09. The summed E-state index contributed by atoms with van der Waals surface area (Å²) in [4.78, 5) is 37.9. The predicted molar refractivity (Wildman–Crippen MR) is 103 cm³/mol. The highest BCUT2D eigenvalue weighted by molar-refractivity contribution is 5.99. The summed E-state index contributed by atoms with van der Waals surface area (Å²) < 4.78 is 6.97. The van der Waals surface area contributed by atoms with Crippen molar-refractivity contribution in [2.45, 2.75) is 46.7 Å². The average Bonchev–Trinajstić information content (AvgIpc) is 3.14. The third-order valence-electron chi connectivity index (χ3n) is 4.12. The Kier molecular flexibility index (Phi) is 6.60. The van der Waals surface area contributed by atoms with Gasteiger partial charge in [-0.3, -0.25) is 14.4 Å². The van der Waals surface area contributed by atoms with Crippen LogP contribution in [0.25, 0.3) is 0 Å². The molecule has 0 saturated heterocycles. The van der Waals surface area contributed by atoms with Crippen LogP contribution in [0.2, 0.25) is 0 Å². The molecule has 2 heterocycles. The highest BCUT2D eigenvalue weighted by Crippen LogP contribution is 2.13. The van der Waals surface area contributed by atoms with Crippen molar-refractivity contribution in [1.82, 2.24) is 15.2 Å². The van der Waals surface area contributed by atoms with Gasteiger partial charge in [0.05, 0.1) is 12.3 Å². The fraction of sp³-hybridized carbons (Fsp3) is 0.450. The second kappa shape index (κ2) is 8.70. The third-order valence-corrected chi connectivity index (χ3v) is 4.12. The lowest BCUT2D eigenvalue weighted by Gasteiger charge is -2.16. The molecule has 0 aliphatic rings. The second-order valence-electron chi connectivity index (χ2n) is 7.27. The van der Waals surface area contributed by atoms with Gasteiger partial charge in [-0.15, -0.1) is 0 Å². The van der Waals surface area contributed by atoms with Crippen LogP contribution in [0.15, 0.2) is 40.0 Å². The first kappa shape index (κ1) is 20.5. The van der Waals surface area contributed by atoms with Crippen LogP contribution in [0.5, 0.6) is 0 Å². The van der Waals surface area contributed by atoms with Gasteiger partial charge in [0.15, 0.2) is 0 Å². The molecule has 0 saturated carbocycles. The van der Waals surface area contributed by atoms with Crippen molar-refractivity contribution >= 4 is 11.8 Å². The normalized spacial score (nSPS) is 12.3. The molecule has 2 N–H and O–H groups in total. The number of nitrogens with zero attached hydrogens (tertiary/aromatic N) is 1. The summed E-state index contributed by atoms with van der Waals surface area (Å²) in [5.41, 5.74) is -0.695. The van der Waals surface area contributed by atoms with Gasteiger partial charge < -0.3 is 19.6 Å². The Labute approximate surface area is 158 Å². The molecule has 2 aromatic rings. The van der Waals surface area contributed by atoms with Gasteiger partial charge in [0.2, 0.25) is 5.43 Å². The van der Waals surface area contributed by atoms with E-state index in [4.69, 9.17) is 4.42 Å². The van der Waals surface area contributed by atoms with E-state index in [1.165, 1.54) is 18.7 Å². The zero-order valence-electron chi connectivity index (χ0n) is 16.4. The molecule has 0 spiro atoms. The minimum Gasteiger partial charge on any atom is -0.467 e. The Bertz CT molecular complexity index is 851. The molecule has 2 aromatic heterocycles. The summed E-state index contributed by atoms with van der Waals surface area (Å²) in [7, 11) is 0. The van der Waals surface area contributed by atoms with Crippen LogP contribution in [0.4, 0.5) is 0 Å². The van der Waals surface area contributed by atoms with E-state index in [0.717, 1.165) is 0 Å². The molecule has 146 valence electrons. The topological polar surface area (TPSA) is 93.3 Å². The number of hydrogen-bond acceptors (Lipinski definition) is 4. The number of nitrogens with one attached hydrogen (secondary N) is 2. The minimum atomic E-state index is -0.586. The molecule has 0 radical (unpaired) electrons. The van der Waals surface area contributed by atoms with Crippen LogP contribution in [0.3, 0.4) is 0 Å². The Morgan fingerprint density at radius 3 is 2.22 bits per heavy atom. The molecule has 27 heavy (non-hydrogen) atoms. The Morgan fingerprint density at radius 2 is 1.70 bits per heavy atom. The van der Waals surface area contributed by atoms with Crippen molar-refractivity contribution in [3.05, 3.63) is 57.9 Å². The van der Waals surface area contributed by atoms with E-state index in [0.29, 0.717) is 12.3 Å². The largest absolute Gasteiger partial charge is 0.467 e. The van der Waals surface area contributed by atoms with Gasteiger partial charge in [-0.25, -0.2) is 0 Å². The number of carbonyl (C=O) groups is 2. The number of furan rings is 1. The molecule has 1 unspecified atom stereocenters. The van der Waals surface area contributed by atoms with Gasteiger partial charge in [0.25, 0.3) is 11.8 Å². The molecule has 2 amide bonds.